The van der Waals surface area contributed by atoms with Gasteiger partial charge in [-0.15, -0.1) is 0 Å². The van der Waals surface area contributed by atoms with Crippen LogP contribution in [0.3, 0.4) is 0 Å². The van der Waals surface area contributed by atoms with Crippen molar-refractivity contribution in [1.82, 2.24) is 9.88 Å². The number of carboxylic acid groups (broad SMARTS) is 1. The van der Waals surface area contributed by atoms with Gasteiger partial charge in [0, 0.05) is 25.8 Å². The second-order valence-electron chi connectivity index (χ2n) is 4.44. The highest BCUT2D eigenvalue weighted by molar-refractivity contribution is 6.31. The van der Waals surface area contributed by atoms with Crippen LogP contribution in [0, 0.1) is 5.92 Å². The minimum Gasteiger partial charge on any atom is -0.465 e. The van der Waals surface area contributed by atoms with Crippen molar-refractivity contribution in [3.05, 3.63) is 23.5 Å². The average molecular weight is 270 g/mol. The van der Waals surface area contributed by atoms with Crippen LogP contribution < -0.4 is 5.32 Å². The van der Waals surface area contributed by atoms with E-state index in [1.54, 1.807) is 6.20 Å². The SMILES string of the molecule is O=C(O)N1CCC(CNc2cccnc2Cl)CC1. The highest BCUT2D eigenvalue weighted by Gasteiger charge is 2.22. The molecule has 0 bridgehead atoms. The summed E-state index contributed by atoms with van der Waals surface area (Å²) in [5.41, 5.74) is 0.833. The maximum absolute atomic E-state index is 10.8. The molecule has 2 heterocycles. The van der Waals surface area contributed by atoms with Crippen LogP contribution >= 0.6 is 11.6 Å². The number of piperidine rings is 1. The Hall–Kier alpha value is -1.49. The molecular formula is C12H16ClN3O2. The highest BCUT2D eigenvalue weighted by atomic mass is 35.5. The Labute approximate surface area is 111 Å². The van der Waals surface area contributed by atoms with Gasteiger partial charge < -0.3 is 15.3 Å². The van der Waals surface area contributed by atoms with Crippen molar-refractivity contribution < 1.29 is 9.90 Å². The number of hydrogen-bond donors (Lipinski definition) is 2. The molecule has 5 nitrogen and oxygen atoms in total. The lowest BCUT2D eigenvalue weighted by molar-refractivity contribution is 0.126. The lowest BCUT2D eigenvalue weighted by Gasteiger charge is -2.30. The Bertz CT molecular complexity index is 420. The van der Waals surface area contributed by atoms with Crippen molar-refractivity contribution >= 4 is 23.4 Å². The highest BCUT2D eigenvalue weighted by Crippen LogP contribution is 2.21. The topological polar surface area (TPSA) is 65.5 Å². The molecule has 98 valence electrons. The fraction of sp³-hybridized carbons (Fsp3) is 0.500. The number of amides is 1. The van der Waals surface area contributed by atoms with E-state index >= 15 is 0 Å². The van der Waals surface area contributed by atoms with Gasteiger partial charge in [-0.2, -0.15) is 0 Å². The smallest absolute Gasteiger partial charge is 0.407 e. The summed E-state index contributed by atoms with van der Waals surface area (Å²) in [6.07, 6.45) is 2.60. The normalized spacial score (nSPS) is 16.6. The van der Waals surface area contributed by atoms with E-state index in [1.807, 2.05) is 12.1 Å². The third-order valence-corrected chi connectivity index (χ3v) is 3.53. The van der Waals surface area contributed by atoms with E-state index in [1.165, 1.54) is 4.90 Å². The van der Waals surface area contributed by atoms with E-state index in [0.29, 0.717) is 24.2 Å². The van der Waals surface area contributed by atoms with E-state index in [-0.39, 0.29) is 0 Å². The summed E-state index contributed by atoms with van der Waals surface area (Å²) >= 11 is 5.95. The lowest BCUT2D eigenvalue weighted by atomic mass is 9.97. The molecule has 0 spiro atoms. The molecule has 6 heteroatoms. The van der Waals surface area contributed by atoms with Gasteiger partial charge in [-0.1, -0.05) is 11.6 Å². The fourth-order valence-corrected chi connectivity index (χ4v) is 2.29. The van der Waals surface area contributed by atoms with Gasteiger partial charge >= 0.3 is 6.09 Å². The van der Waals surface area contributed by atoms with Crippen molar-refractivity contribution in [2.24, 2.45) is 5.92 Å². The van der Waals surface area contributed by atoms with Crippen LogP contribution in [-0.2, 0) is 0 Å². The van der Waals surface area contributed by atoms with Gasteiger partial charge in [0.05, 0.1) is 5.69 Å². The molecule has 1 aromatic heterocycles. The molecule has 0 unspecified atom stereocenters. The molecule has 0 radical (unpaired) electrons. The molecule has 2 N–H and O–H groups in total. The molecule has 1 fully saturated rings. The first kappa shape index (κ1) is 13.0. The third-order valence-electron chi connectivity index (χ3n) is 3.23. The van der Waals surface area contributed by atoms with Crippen molar-refractivity contribution in [2.75, 3.05) is 25.0 Å². The number of carbonyl (C=O) groups is 1. The zero-order chi connectivity index (χ0) is 13.0. The summed E-state index contributed by atoms with van der Waals surface area (Å²) < 4.78 is 0. The van der Waals surface area contributed by atoms with E-state index in [2.05, 4.69) is 10.3 Å². The standard InChI is InChI=1S/C12H16ClN3O2/c13-11-10(2-1-5-14-11)15-8-9-3-6-16(7-4-9)12(17)18/h1-2,5,9,15H,3-4,6-8H2,(H,17,18). The fourth-order valence-electron chi connectivity index (χ4n) is 2.10. The van der Waals surface area contributed by atoms with Crippen LogP contribution in [0.1, 0.15) is 12.8 Å². The molecule has 0 saturated carbocycles. The van der Waals surface area contributed by atoms with Crippen LogP contribution in [0.2, 0.25) is 5.15 Å². The molecule has 1 amide bonds. The van der Waals surface area contributed by atoms with Crippen molar-refractivity contribution in [3.63, 3.8) is 0 Å². The summed E-state index contributed by atoms with van der Waals surface area (Å²) in [7, 11) is 0. The molecule has 1 aromatic rings. The minimum absolute atomic E-state index is 0.473. The third kappa shape index (κ3) is 3.26. The van der Waals surface area contributed by atoms with Gasteiger partial charge in [0.2, 0.25) is 0 Å². The van der Waals surface area contributed by atoms with Gasteiger partial charge in [-0.25, -0.2) is 9.78 Å². The molecule has 18 heavy (non-hydrogen) atoms. The Balaban J connectivity index is 1.79. The van der Waals surface area contributed by atoms with E-state index in [9.17, 15) is 4.79 Å². The van der Waals surface area contributed by atoms with Gasteiger partial charge in [0.1, 0.15) is 0 Å². The van der Waals surface area contributed by atoms with Crippen molar-refractivity contribution in [1.29, 1.82) is 0 Å². The van der Waals surface area contributed by atoms with Gasteiger partial charge in [-0.05, 0) is 30.9 Å². The van der Waals surface area contributed by atoms with Gasteiger partial charge in [0.15, 0.2) is 5.15 Å². The number of hydrogen-bond acceptors (Lipinski definition) is 3. The minimum atomic E-state index is -0.822. The first-order chi connectivity index (χ1) is 8.66. The van der Waals surface area contributed by atoms with E-state index in [0.717, 1.165) is 25.1 Å². The maximum Gasteiger partial charge on any atom is 0.407 e. The molecule has 1 saturated heterocycles. The second kappa shape index (κ2) is 5.91. The molecule has 2 rings (SSSR count). The number of aromatic nitrogens is 1. The number of nitrogens with zero attached hydrogens (tertiary/aromatic N) is 2. The zero-order valence-corrected chi connectivity index (χ0v) is 10.7. The quantitative estimate of drug-likeness (QED) is 0.828. The van der Waals surface area contributed by atoms with Crippen LogP contribution in [0.5, 0.6) is 0 Å². The zero-order valence-electron chi connectivity index (χ0n) is 9.97. The van der Waals surface area contributed by atoms with Crippen molar-refractivity contribution in [2.45, 2.75) is 12.8 Å². The Kier molecular flexibility index (Phi) is 4.25. The number of halogens is 1. The molecular weight excluding hydrogens is 254 g/mol. The van der Waals surface area contributed by atoms with Gasteiger partial charge in [-0.3, -0.25) is 0 Å². The Morgan fingerprint density at radius 2 is 2.28 bits per heavy atom. The maximum atomic E-state index is 10.8. The summed E-state index contributed by atoms with van der Waals surface area (Å²) in [5.74, 6) is 0.483. The summed E-state index contributed by atoms with van der Waals surface area (Å²) in [5, 5.41) is 12.6. The largest absolute Gasteiger partial charge is 0.465 e. The predicted octanol–water partition coefficient (Wildman–Crippen LogP) is 2.54. The number of rotatable bonds is 3. The number of likely N-dealkylation sites (tertiary alicyclic amines) is 1. The summed E-state index contributed by atoms with van der Waals surface area (Å²) in [6.45, 7) is 2.03. The Morgan fingerprint density at radius 1 is 1.56 bits per heavy atom. The van der Waals surface area contributed by atoms with Crippen molar-refractivity contribution in [3.8, 4) is 0 Å². The summed E-state index contributed by atoms with van der Waals surface area (Å²) in [4.78, 5) is 16.2. The monoisotopic (exact) mass is 269 g/mol. The summed E-state index contributed by atoms with van der Waals surface area (Å²) in [6, 6.07) is 3.73. The van der Waals surface area contributed by atoms with E-state index in [4.69, 9.17) is 16.7 Å². The Morgan fingerprint density at radius 3 is 2.89 bits per heavy atom. The molecule has 0 aromatic carbocycles. The average Bonchev–Trinajstić information content (AvgIpc) is 2.38. The predicted molar refractivity (Wildman–Crippen MR) is 70.1 cm³/mol. The second-order valence-corrected chi connectivity index (χ2v) is 4.79. The number of nitrogens with one attached hydrogen (secondary N) is 1. The molecule has 0 aliphatic carbocycles. The van der Waals surface area contributed by atoms with Crippen LogP contribution in [0.4, 0.5) is 10.5 Å². The first-order valence-electron chi connectivity index (χ1n) is 5.99. The lowest BCUT2D eigenvalue weighted by Crippen LogP contribution is -2.39. The van der Waals surface area contributed by atoms with E-state index < -0.39 is 6.09 Å². The first-order valence-corrected chi connectivity index (χ1v) is 6.37. The molecule has 1 aliphatic rings. The number of anilines is 1. The molecule has 0 atom stereocenters. The van der Waals surface area contributed by atoms with Crippen LogP contribution in [0.25, 0.3) is 0 Å². The molecule has 1 aliphatic heterocycles. The van der Waals surface area contributed by atoms with Gasteiger partial charge in [0.25, 0.3) is 0 Å². The van der Waals surface area contributed by atoms with Crippen LogP contribution in [-0.4, -0.2) is 40.7 Å². The van der Waals surface area contributed by atoms with Crippen LogP contribution in [0.15, 0.2) is 18.3 Å². The number of pyridine rings is 1.